The summed E-state index contributed by atoms with van der Waals surface area (Å²) in [5.41, 5.74) is 0.316. The minimum Gasteiger partial charge on any atom is -0.377 e. The fourth-order valence-electron chi connectivity index (χ4n) is 2.21. The van der Waals surface area contributed by atoms with E-state index >= 15 is 0 Å². The van der Waals surface area contributed by atoms with E-state index in [1.54, 1.807) is 30.3 Å². The third-order valence-electron chi connectivity index (χ3n) is 3.21. The average Bonchev–Trinajstić information content (AvgIpc) is 2.93. The van der Waals surface area contributed by atoms with Gasteiger partial charge in [-0.15, -0.1) is 0 Å². The molecular formula is C13H15N3O4. The summed E-state index contributed by atoms with van der Waals surface area (Å²) in [7, 11) is 0. The van der Waals surface area contributed by atoms with Crippen LogP contribution in [0.2, 0.25) is 0 Å². The molecule has 0 spiro atoms. The Labute approximate surface area is 115 Å². The molecule has 7 heteroatoms. The maximum absolute atomic E-state index is 12.0. The molecule has 1 N–H and O–H groups in total. The Morgan fingerprint density at radius 2 is 2.20 bits per heavy atom. The van der Waals surface area contributed by atoms with Crippen LogP contribution in [0, 0.1) is 15.5 Å². The molecule has 0 bridgehead atoms. The lowest BCUT2D eigenvalue weighted by Crippen LogP contribution is -2.38. The van der Waals surface area contributed by atoms with E-state index in [2.05, 4.69) is 0 Å². The van der Waals surface area contributed by atoms with Crippen molar-refractivity contribution < 1.29 is 14.5 Å². The van der Waals surface area contributed by atoms with E-state index in [1.807, 2.05) is 0 Å². The van der Waals surface area contributed by atoms with E-state index in [1.165, 1.54) is 4.90 Å². The van der Waals surface area contributed by atoms with Crippen molar-refractivity contribution >= 4 is 12.3 Å². The van der Waals surface area contributed by atoms with Crippen molar-refractivity contribution in [3.8, 4) is 0 Å². The lowest BCUT2D eigenvalue weighted by Gasteiger charge is -2.21. The van der Waals surface area contributed by atoms with Gasteiger partial charge in [0.25, 0.3) is 0 Å². The van der Waals surface area contributed by atoms with Crippen LogP contribution < -0.4 is 0 Å². The molecule has 1 aliphatic rings. The standard InChI is InChI=1S/C13H15N3O4/c14-9-11-7-4-8-15(11)13(17)20-12(16(18)19)10-5-2-1-3-6-10/h1-3,5-6,9,11-12,14H,4,7-8H2. The molecule has 0 saturated carbocycles. The monoisotopic (exact) mass is 277 g/mol. The molecule has 1 heterocycles. The van der Waals surface area contributed by atoms with Crippen LogP contribution in [0.5, 0.6) is 0 Å². The predicted molar refractivity (Wildman–Crippen MR) is 71.2 cm³/mol. The normalized spacial score (nSPS) is 19.4. The molecule has 1 amide bonds. The Bertz CT molecular complexity index is 506. The molecule has 7 nitrogen and oxygen atoms in total. The van der Waals surface area contributed by atoms with Crippen LogP contribution in [-0.4, -0.2) is 34.7 Å². The van der Waals surface area contributed by atoms with Gasteiger partial charge in [-0.1, -0.05) is 18.2 Å². The second-order valence-corrected chi connectivity index (χ2v) is 4.50. The van der Waals surface area contributed by atoms with Crippen LogP contribution in [-0.2, 0) is 4.74 Å². The van der Waals surface area contributed by atoms with Gasteiger partial charge in [-0.3, -0.25) is 10.1 Å². The van der Waals surface area contributed by atoms with Gasteiger partial charge in [0, 0.05) is 12.8 Å². The minimum atomic E-state index is -1.52. The first-order valence-corrected chi connectivity index (χ1v) is 6.29. The number of hydrogen-bond donors (Lipinski definition) is 1. The lowest BCUT2D eigenvalue weighted by molar-refractivity contribution is -0.575. The molecule has 1 aliphatic heterocycles. The Balaban J connectivity index is 2.11. The zero-order chi connectivity index (χ0) is 14.5. The summed E-state index contributed by atoms with van der Waals surface area (Å²) in [5, 5.41) is 18.3. The highest BCUT2D eigenvalue weighted by atomic mass is 16.7. The number of nitrogens with one attached hydrogen (secondary N) is 1. The summed E-state index contributed by atoms with van der Waals surface area (Å²) >= 11 is 0. The number of nitro groups is 1. The van der Waals surface area contributed by atoms with E-state index in [0.29, 0.717) is 18.5 Å². The number of carbonyl (C=O) groups is 1. The topological polar surface area (TPSA) is 96.5 Å². The van der Waals surface area contributed by atoms with E-state index in [4.69, 9.17) is 10.1 Å². The van der Waals surface area contributed by atoms with Gasteiger partial charge in [-0.25, -0.2) is 4.79 Å². The maximum Gasteiger partial charge on any atom is 0.415 e. The van der Waals surface area contributed by atoms with Gasteiger partial charge in [0.15, 0.2) is 0 Å². The van der Waals surface area contributed by atoms with E-state index < -0.39 is 17.2 Å². The van der Waals surface area contributed by atoms with E-state index in [9.17, 15) is 14.9 Å². The summed E-state index contributed by atoms with van der Waals surface area (Å²) in [6.07, 6.45) is 0.353. The molecule has 106 valence electrons. The molecule has 1 fully saturated rings. The summed E-state index contributed by atoms with van der Waals surface area (Å²) in [5.74, 6) is 0. The zero-order valence-electron chi connectivity index (χ0n) is 10.8. The lowest BCUT2D eigenvalue weighted by atomic mass is 10.2. The SMILES string of the molecule is N=CC1CCCN1C(=O)OC(c1ccccc1)[N+](=O)[O-]. The van der Waals surface area contributed by atoms with Gasteiger partial charge in [-0.2, -0.15) is 0 Å². The fraction of sp³-hybridized carbons (Fsp3) is 0.385. The largest absolute Gasteiger partial charge is 0.415 e. The van der Waals surface area contributed by atoms with Gasteiger partial charge in [0.2, 0.25) is 0 Å². The number of hydrogen-bond acceptors (Lipinski definition) is 5. The van der Waals surface area contributed by atoms with Gasteiger partial charge < -0.3 is 15.0 Å². The van der Waals surface area contributed by atoms with Crippen LogP contribution in [0.3, 0.4) is 0 Å². The van der Waals surface area contributed by atoms with E-state index in [-0.39, 0.29) is 6.04 Å². The zero-order valence-corrected chi connectivity index (χ0v) is 10.8. The van der Waals surface area contributed by atoms with Crippen LogP contribution >= 0.6 is 0 Å². The summed E-state index contributed by atoms with van der Waals surface area (Å²) in [6.45, 7) is 0.456. The first-order valence-electron chi connectivity index (χ1n) is 6.29. The molecule has 0 aliphatic carbocycles. The summed E-state index contributed by atoms with van der Waals surface area (Å²) in [6, 6.07) is 7.78. The second kappa shape index (κ2) is 6.14. The summed E-state index contributed by atoms with van der Waals surface area (Å²) in [4.78, 5) is 23.8. The first-order chi connectivity index (χ1) is 9.63. The van der Waals surface area contributed by atoms with Crippen molar-refractivity contribution in [2.45, 2.75) is 25.1 Å². The molecule has 1 saturated heterocycles. The van der Waals surface area contributed by atoms with Gasteiger partial charge in [0.1, 0.15) is 0 Å². The van der Waals surface area contributed by atoms with Crippen LogP contribution in [0.15, 0.2) is 30.3 Å². The molecular weight excluding hydrogens is 262 g/mol. The fourth-order valence-corrected chi connectivity index (χ4v) is 2.21. The molecule has 2 rings (SSSR count). The highest BCUT2D eigenvalue weighted by Gasteiger charge is 2.34. The van der Waals surface area contributed by atoms with Crippen LogP contribution in [0.4, 0.5) is 4.79 Å². The van der Waals surface area contributed by atoms with E-state index in [0.717, 1.165) is 12.6 Å². The Hall–Kier alpha value is -2.44. The predicted octanol–water partition coefficient (Wildman–Crippen LogP) is 2.21. The number of benzene rings is 1. The number of rotatable bonds is 4. The highest BCUT2D eigenvalue weighted by Crippen LogP contribution is 2.22. The molecule has 2 unspecified atom stereocenters. The number of likely N-dealkylation sites (tertiary alicyclic amines) is 1. The van der Waals surface area contributed by atoms with Crippen molar-refractivity contribution in [2.75, 3.05) is 6.54 Å². The Morgan fingerprint density at radius 3 is 2.80 bits per heavy atom. The van der Waals surface area contributed by atoms with Gasteiger partial charge in [-0.05, 0) is 25.0 Å². The van der Waals surface area contributed by atoms with Crippen molar-refractivity contribution in [3.63, 3.8) is 0 Å². The minimum absolute atomic E-state index is 0.316. The first kappa shape index (κ1) is 14.0. The second-order valence-electron chi connectivity index (χ2n) is 4.50. The van der Waals surface area contributed by atoms with Gasteiger partial charge >= 0.3 is 12.3 Å². The number of nitrogens with zero attached hydrogens (tertiary/aromatic N) is 2. The van der Waals surface area contributed by atoms with Crippen molar-refractivity contribution in [1.29, 1.82) is 5.41 Å². The highest BCUT2D eigenvalue weighted by molar-refractivity contribution is 5.75. The maximum atomic E-state index is 12.0. The molecule has 1 aromatic carbocycles. The van der Waals surface area contributed by atoms with Crippen molar-refractivity contribution in [3.05, 3.63) is 46.0 Å². The quantitative estimate of drug-likeness (QED) is 0.395. The number of amides is 1. The smallest absolute Gasteiger partial charge is 0.377 e. The molecule has 2 atom stereocenters. The molecule has 0 radical (unpaired) electrons. The van der Waals surface area contributed by atoms with Gasteiger partial charge in [0.05, 0.1) is 16.5 Å². The van der Waals surface area contributed by atoms with Crippen molar-refractivity contribution in [2.24, 2.45) is 0 Å². The van der Waals surface area contributed by atoms with Crippen molar-refractivity contribution in [1.82, 2.24) is 4.90 Å². The number of carbonyl (C=O) groups excluding carboxylic acids is 1. The molecule has 1 aromatic rings. The Kier molecular flexibility index (Phi) is 4.29. The number of ether oxygens (including phenoxy) is 1. The average molecular weight is 277 g/mol. The molecule has 20 heavy (non-hydrogen) atoms. The molecule has 0 aromatic heterocycles. The third kappa shape index (κ3) is 2.93. The Morgan fingerprint density at radius 1 is 1.50 bits per heavy atom. The third-order valence-corrected chi connectivity index (χ3v) is 3.21. The van der Waals surface area contributed by atoms with Crippen LogP contribution in [0.1, 0.15) is 24.6 Å². The van der Waals surface area contributed by atoms with Crippen LogP contribution in [0.25, 0.3) is 0 Å². The summed E-state index contributed by atoms with van der Waals surface area (Å²) < 4.78 is 5.00.